The lowest BCUT2D eigenvalue weighted by Crippen LogP contribution is -2.01. The number of carbonyl (C=O) groups is 2. The number of ether oxygens (including phenoxy) is 1. The van der Waals surface area contributed by atoms with Crippen LogP contribution >= 0.6 is 11.3 Å². The van der Waals surface area contributed by atoms with E-state index in [4.69, 9.17) is 14.9 Å². The number of rotatable bonds is 8. The van der Waals surface area contributed by atoms with E-state index in [-0.39, 0.29) is 25.2 Å². The smallest absolute Gasteiger partial charge is 0.303 e. The molecule has 0 bridgehead atoms. The summed E-state index contributed by atoms with van der Waals surface area (Å²) in [6.45, 7) is 0.0748. The maximum Gasteiger partial charge on any atom is 0.303 e. The van der Waals surface area contributed by atoms with E-state index in [9.17, 15) is 9.59 Å². The Kier molecular flexibility index (Phi) is 5.46. The molecule has 0 radical (unpaired) electrons. The van der Waals surface area contributed by atoms with Gasteiger partial charge in [0, 0.05) is 19.1 Å². The minimum atomic E-state index is -0.986. The van der Waals surface area contributed by atoms with Crippen molar-refractivity contribution >= 4 is 33.3 Å². The molecule has 2 heterocycles. The SMILES string of the molecule is COc1cc2sc(C(=O)CCC(=O)O)cc2nc1CCCO. The first-order valence-electron chi connectivity index (χ1n) is 6.88. The van der Waals surface area contributed by atoms with E-state index in [1.54, 1.807) is 13.2 Å². The van der Waals surface area contributed by atoms with Crippen LogP contribution in [0.1, 0.15) is 34.6 Å². The van der Waals surface area contributed by atoms with Crippen molar-refractivity contribution in [3.8, 4) is 5.75 Å². The van der Waals surface area contributed by atoms with Crippen LogP contribution in [0.2, 0.25) is 0 Å². The van der Waals surface area contributed by atoms with Gasteiger partial charge < -0.3 is 14.9 Å². The van der Waals surface area contributed by atoms with Gasteiger partial charge in [-0.3, -0.25) is 9.59 Å². The second-order valence-corrected chi connectivity index (χ2v) is 5.86. The molecule has 0 aromatic carbocycles. The van der Waals surface area contributed by atoms with Gasteiger partial charge in [0.25, 0.3) is 0 Å². The van der Waals surface area contributed by atoms with Gasteiger partial charge in [-0.15, -0.1) is 11.3 Å². The minimum absolute atomic E-state index is 0.0172. The van der Waals surface area contributed by atoms with E-state index in [0.717, 1.165) is 10.4 Å². The largest absolute Gasteiger partial charge is 0.495 e. The van der Waals surface area contributed by atoms with Crippen molar-refractivity contribution in [1.82, 2.24) is 4.98 Å². The molecule has 2 aromatic rings. The number of carboxylic acid groups (broad SMARTS) is 1. The van der Waals surface area contributed by atoms with E-state index in [2.05, 4.69) is 4.98 Å². The zero-order valence-electron chi connectivity index (χ0n) is 12.2. The minimum Gasteiger partial charge on any atom is -0.495 e. The topological polar surface area (TPSA) is 96.7 Å². The number of aliphatic hydroxyl groups excluding tert-OH is 1. The highest BCUT2D eigenvalue weighted by Gasteiger charge is 2.15. The molecule has 0 atom stereocenters. The van der Waals surface area contributed by atoms with Gasteiger partial charge in [-0.05, 0) is 18.9 Å². The molecule has 118 valence electrons. The summed E-state index contributed by atoms with van der Waals surface area (Å²) >= 11 is 1.28. The standard InChI is InChI=1S/C15H17NO5S/c1-21-12-8-13-10(16-9(12)3-2-6-17)7-14(22-13)11(18)4-5-15(19)20/h7-8,17H,2-6H2,1H3,(H,19,20). The van der Waals surface area contributed by atoms with E-state index < -0.39 is 5.97 Å². The fourth-order valence-corrected chi connectivity index (χ4v) is 3.07. The molecule has 0 saturated carbocycles. The van der Waals surface area contributed by atoms with E-state index in [0.29, 0.717) is 29.0 Å². The van der Waals surface area contributed by atoms with Crippen LogP contribution < -0.4 is 4.74 Å². The molecular formula is C15H17NO5S. The Morgan fingerprint density at radius 2 is 2.09 bits per heavy atom. The number of aliphatic carboxylic acids is 1. The van der Waals surface area contributed by atoms with Crippen molar-refractivity contribution in [3.63, 3.8) is 0 Å². The number of aromatic nitrogens is 1. The van der Waals surface area contributed by atoms with Crippen molar-refractivity contribution < 1.29 is 24.5 Å². The zero-order chi connectivity index (χ0) is 16.1. The summed E-state index contributed by atoms with van der Waals surface area (Å²) in [5, 5.41) is 17.6. The molecule has 22 heavy (non-hydrogen) atoms. The van der Waals surface area contributed by atoms with Gasteiger partial charge >= 0.3 is 5.97 Å². The molecule has 2 rings (SSSR count). The number of nitrogens with zero attached hydrogens (tertiary/aromatic N) is 1. The number of carboxylic acids is 1. The fourth-order valence-electron chi connectivity index (χ4n) is 2.07. The summed E-state index contributed by atoms with van der Waals surface area (Å²) in [6, 6.07) is 3.51. The third-order valence-electron chi connectivity index (χ3n) is 3.17. The zero-order valence-corrected chi connectivity index (χ0v) is 13.0. The molecule has 2 N–H and O–H groups in total. The van der Waals surface area contributed by atoms with Gasteiger partial charge in [0.15, 0.2) is 5.78 Å². The maximum absolute atomic E-state index is 12.0. The Bertz CT molecular complexity index is 695. The van der Waals surface area contributed by atoms with Crippen molar-refractivity contribution in [3.05, 3.63) is 22.7 Å². The van der Waals surface area contributed by atoms with Crippen LogP contribution in [0.25, 0.3) is 10.2 Å². The molecule has 0 saturated heterocycles. The molecule has 7 heteroatoms. The number of aryl methyl sites for hydroxylation is 1. The van der Waals surface area contributed by atoms with Crippen molar-refractivity contribution in [2.45, 2.75) is 25.7 Å². The number of methoxy groups -OCH3 is 1. The van der Waals surface area contributed by atoms with Crippen LogP contribution in [0.4, 0.5) is 0 Å². The number of pyridine rings is 1. The summed E-state index contributed by atoms with van der Waals surface area (Å²) in [4.78, 5) is 27.5. The first kappa shape index (κ1) is 16.4. The van der Waals surface area contributed by atoms with Crippen LogP contribution in [-0.4, -0.2) is 40.7 Å². The Hall–Kier alpha value is -1.99. The number of hydrogen-bond acceptors (Lipinski definition) is 6. The lowest BCUT2D eigenvalue weighted by atomic mass is 10.2. The third-order valence-corrected chi connectivity index (χ3v) is 4.29. The Labute approximate surface area is 131 Å². The number of thiophene rings is 1. The first-order chi connectivity index (χ1) is 10.5. The van der Waals surface area contributed by atoms with Crippen LogP contribution in [0.15, 0.2) is 12.1 Å². The molecule has 6 nitrogen and oxygen atoms in total. The predicted octanol–water partition coefficient (Wildman–Crippen LogP) is 2.28. The molecule has 0 spiro atoms. The maximum atomic E-state index is 12.0. The molecule has 0 aliphatic heterocycles. The predicted molar refractivity (Wildman–Crippen MR) is 82.8 cm³/mol. The van der Waals surface area contributed by atoms with Gasteiger partial charge in [0.05, 0.1) is 34.3 Å². The van der Waals surface area contributed by atoms with E-state index >= 15 is 0 Å². The number of ketones is 1. The lowest BCUT2D eigenvalue weighted by Gasteiger charge is -2.06. The molecule has 0 unspecified atom stereocenters. The summed E-state index contributed by atoms with van der Waals surface area (Å²) < 4.78 is 6.12. The lowest BCUT2D eigenvalue weighted by molar-refractivity contribution is -0.136. The summed E-state index contributed by atoms with van der Waals surface area (Å²) in [6.07, 6.45) is 0.986. The molecule has 0 aliphatic rings. The monoisotopic (exact) mass is 323 g/mol. The summed E-state index contributed by atoms with van der Waals surface area (Å²) in [5.41, 5.74) is 1.43. The second-order valence-electron chi connectivity index (χ2n) is 4.78. The number of hydrogen-bond donors (Lipinski definition) is 2. The summed E-state index contributed by atoms with van der Waals surface area (Å²) in [5.74, 6) is -0.547. The average molecular weight is 323 g/mol. The van der Waals surface area contributed by atoms with Crippen LogP contribution in [0.5, 0.6) is 5.75 Å². The quantitative estimate of drug-likeness (QED) is 0.723. The van der Waals surface area contributed by atoms with Crippen molar-refractivity contribution in [2.24, 2.45) is 0 Å². The van der Waals surface area contributed by atoms with Crippen LogP contribution in [0.3, 0.4) is 0 Å². The Morgan fingerprint density at radius 3 is 2.73 bits per heavy atom. The van der Waals surface area contributed by atoms with Gasteiger partial charge in [-0.2, -0.15) is 0 Å². The van der Waals surface area contributed by atoms with Gasteiger partial charge in [0.1, 0.15) is 5.75 Å². The highest BCUT2D eigenvalue weighted by atomic mass is 32.1. The molecule has 0 fully saturated rings. The number of aliphatic hydroxyl groups is 1. The average Bonchev–Trinajstić information content (AvgIpc) is 2.92. The fraction of sp³-hybridized carbons (Fsp3) is 0.400. The molecular weight excluding hydrogens is 306 g/mol. The van der Waals surface area contributed by atoms with Crippen molar-refractivity contribution in [1.29, 1.82) is 0 Å². The Morgan fingerprint density at radius 1 is 1.32 bits per heavy atom. The van der Waals surface area contributed by atoms with Gasteiger partial charge in [-0.25, -0.2) is 4.98 Å². The summed E-state index contributed by atoms with van der Waals surface area (Å²) in [7, 11) is 1.55. The van der Waals surface area contributed by atoms with Gasteiger partial charge in [0.2, 0.25) is 0 Å². The van der Waals surface area contributed by atoms with Crippen LogP contribution in [-0.2, 0) is 11.2 Å². The van der Waals surface area contributed by atoms with Crippen molar-refractivity contribution in [2.75, 3.05) is 13.7 Å². The number of Topliss-reactive ketones (excluding diaryl/α,β-unsaturated/α-hetero) is 1. The molecule has 2 aromatic heterocycles. The highest BCUT2D eigenvalue weighted by molar-refractivity contribution is 7.20. The normalized spacial score (nSPS) is 10.8. The highest BCUT2D eigenvalue weighted by Crippen LogP contribution is 2.31. The molecule has 0 aliphatic carbocycles. The van der Waals surface area contributed by atoms with Crippen LogP contribution in [0, 0.1) is 0 Å². The first-order valence-corrected chi connectivity index (χ1v) is 7.70. The third kappa shape index (κ3) is 3.80. The number of fused-ring (bicyclic) bond motifs is 1. The van der Waals surface area contributed by atoms with E-state index in [1.807, 2.05) is 6.07 Å². The molecule has 0 amide bonds. The second kappa shape index (κ2) is 7.33. The Balaban J connectivity index is 2.29. The van der Waals surface area contributed by atoms with E-state index in [1.165, 1.54) is 11.3 Å². The number of carbonyl (C=O) groups excluding carboxylic acids is 1. The van der Waals surface area contributed by atoms with Gasteiger partial charge in [-0.1, -0.05) is 0 Å².